The first-order valence-electron chi connectivity index (χ1n) is 5.87. The normalized spacial score (nSPS) is 22.1. The van der Waals surface area contributed by atoms with Crippen LogP contribution < -0.4 is 5.32 Å². The summed E-state index contributed by atoms with van der Waals surface area (Å²) >= 11 is 3.47. The molecule has 1 N–H and O–H groups in total. The SMILES string of the molecule is O=C1NC2(CCOCC2)Cc2cc(Br)ccc21. The molecule has 0 saturated carbocycles. The summed E-state index contributed by atoms with van der Waals surface area (Å²) in [6, 6.07) is 5.87. The van der Waals surface area contributed by atoms with Crippen molar-refractivity contribution in [3.05, 3.63) is 33.8 Å². The molecule has 1 amide bonds. The summed E-state index contributed by atoms with van der Waals surface area (Å²) in [4.78, 5) is 12.1. The lowest BCUT2D eigenvalue weighted by atomic mass is 9.79. The molecule has 1 saturated heterocycles. The first-order valence-corrected chi connectivity index (χ1v) is 6.67. The number of carbonyl (C=O) groups is 1. The van der Waals surface area contributed by atoms with Crippen molar-refractivity contribution in [2.75, 3.05) is 13.2 Å². The van der Waals surface area contributed by atoms with E-state index in [4.69, 9.17) is 4.74 Å². The molecule has 0 unspecified atom stereocenters. The van der Waals surface area contributed by atoms with Crippen LogP contribution in [0.2, 0.25) is 0 Å². The molecule has 3 rings (SSSR count). The van der Waals surface area contributed by atoms with Crippen LogP contribution in [0.25, 0.3) is 0 Å². The van der Waals surface area contributed by atoms with Gasteiger partial charge in [-0.15, -0.1) is 0 Å². The summed E-state index contributed by atoms with van der Waals surface area (Å²) < 4.78 is 6.42. The molecule has 1 aromatic carbocycles. The summed E-state index contributed by atoms with van der Waals surface area (Å²) in [7, 11) is 0. The van der Waals surface area contributed by atoms with Crippen LogP contribution in [-0.4, -0.2) is 24.7 Å². The van der Waals surface area contributed by atoms with E-state index in [-0.39, 0.29) is 11.4 Å². The number of hydrogen-bond donors (Lipinski definition) is 1. The van der Waals surface area contributed by atoms with E-state index in [1.807, 2.05) is 12.1 Å². The Bertz CT molecular complexity index is 466. The maximum Gasteiger partial charge on any atom is 0.252 e. The van der Waals surface area contributed by atoms with E-state index in [1.165, 1.54) is 0 Å². The number of amides is 1. The van der Waals surface area contributed by atoms with Gasteiger partial charge >= 0.3 is 0 Å². The van der Waals surface area contributed by atoms with Crippen LogP contribution in [0.5, 0.6) is 0 Å². The van der Waals surface area contributed by atoms with Crippen molar-refractivity contribution >= 4 is 21.8 Å². The van der Waals surface area contributed by atoms with Crippen LogP contribution >= 0.6 is 15.9 Å². The van der Waals surface area contributed by atoms with Crippen LogP contribution in [0, 0.1) is 0 Å². The number of benzene rings is 1. The van der Waals surface area contributed by atoms with Gasteiger partial charge in [-0.2, -0.15) is 0 Å². The Labute approximate surface area is 109 Å². The molecular formula is C13H14BrNO2. The molecule has 0 aliphatic carbocycles. The van der Waals surface area contributed by atoms with Gasteiger partial charge in [0, 0.05) is 28.8 Å². The van der Waals surface area contributed by atoms with Gasteiger partial charge in [-0.3, -0.25) is 4.79 Å². The lowest BCUT2D eigenvalue weighted by molar-refractivity contribution is 0.0335. The maximum atomic E-state index is 12.1. The van der Waals surface area contributed by atoms with Crippen LogP contribution in [0.15, 0.2) is 22.7 Å². The number of fused-ring (bicyclic) bond motifs is 1. The van der Waals surface area contributed by atoms with Crippen molar-refractivity contribution in [1.82, 2.24) is 5.32 Å². The van der Waals surface area contributed by atoms with Crippen LogP contribution in [0.3, 0.4) is 0 Å². The van der Waals surface area contributed by atoms with Crippen LogP contribution in [0.4, 0.5) is 0 Å². The molecule has 2 aliphatic heterocycles. The van der Waals surface area contributed by atoms with Gasteiger partial charge in [0.15, 0.2) is 0 Å². The molecule has 2 heterocycles. The molecule has 0 atom stereocenters. The highest BCUT2D eigenvalue weighted by molar-refractivity contribution is 9.10. The van der Waals surface area contributed by atoms with Gasteiger partial charge in [-0.05, 0) is 43.0 Å². The zero-order valence-electron chi connectivity index (χ0n) is 9.46. The summed E-state index contributed by atoms with van der Waals surface area (Å²) in [5.74, 6) is 0.0562. The first-order chi connectivity index (χ1) is 8.19. The topological polar surface area (TPSA) is 38.3 Å². The first kappa shape index (κ1) is 11.2. The molecule has 1 fully saturated rings. The minimum absolute atomic E-state index is 0.0562. The van der Waals surface area contributed by atoms with Gasteiger partial charge in [0.05, 0.1) is 0 Å². The minimum atomic E-state index is -0.0802. The van der Waals surface area contributed by atoms with Gasteiger partial charge in [-0.1, -0.05) is 15.9 Å². The monoisotopic (exact) mass is 295 g/mol. The molecule has 1 aromatic rings. The van der Waals surface area contributed by atoms with Crippen molar-refractivity contribution < 1.29 is 9.53 Å². The highest BCUT2D eigenvalue weighted by atomic mass is 79.9. The lowest BCUT2D eigenvalue weighted by Crippen LogP contribution is -2.56. The van der Waals surface area contributed by atoms with E-state index in [9.17, 15) is 4.79 Å². The Hall–Kier alpha value is -0.870. The minimum Gasteiger partial charge on any atom is -0.381 e. The Balaban J connectivity index is 1.98. The molecule has 17 heavy (non-hydrogen) atoms. The number of rotatable bonds is 0. The standard InChI is InChI=1S/C13H14BrNO2/c14-10-1-2-11-9(7-10)8-13(15-12(11)16)3-5-17-6-4-13/h1-2,7H,3-6,8H2,(H,15,16). The van der Waals surface area contributed by atoms with Crippen LogP contribution in [-0.2, 0) is 11.2 Å². The van der Waals surface area contributed by atoms with E-state index in [1.54, 1.807) is 0 Å². The smallest absolute Gasteiger partial charge is 0.252 e. The second-order valence-electron chi connectivity index (χ2n) is 4.83. The average molecular weight is 296 g/mol. The molecule has 3 nitrogen and oxygen atoms in total. The summed E-state index contributed by atoms with van der Waals surface area (Å²) in [6.45, 7) is 1.48. The maximum absolute atomic E-state index is 12.1. The fraction of sp³-hybridized carbons (Fsp3) is 0.462. The number of hydrogen-bond acceptors (Lipinski definition) is 2. The molecule has 2 aliphatic rings. The third kappa shape index (κ3) is 2.00. The van der Waals surface area contributed by atoms with Gasteiger partial charge in [0.25, 0.3) is 5.91 Å². The Morgan fingerprint density at radius 3 is 2.82 bits per heavy atom. The Morgan fingerprint density at radius 1 is 1.29 bits per heavy atom. The molecule has 1 spiro atoms. The van der Waals surface area contributed by atoms with E-state index >= 15 is 0 Å². The predicted octanol–water partition coefficient (Wildman–Crippen LogP) is 2.28. The predicted molar refractivity (Wildman–Crippen MR) is 68.1 cm³/mol. The largest absolute Gasteiger partial charge is 0.381 e. The molecule has 0 aromatic heterocycles. The summed E-state index contributed by atoms with van der Waals surface area (Å²) in [6.07, 6.45) is 2.73. The molecule has 90 valence electrons. The quantitative estimate of drug-likeness (QED) is 0.797. The number of carbonyl (C=O) groups excluding carboxylic acids is 1. The number of nitrogens with one attached hydrogen (secondary N) is 1. The van der Waals surface area contributed by atoms with Crippen molar-refractivity contribution in [2.45, 2.75) is 24.8 Å². The fourth-order valence-corrected chi connectivity index (χ4v) is 3.12. The number of ether oxygens (including phenoxy) is 1. The van der Waals surface area contributed by atoms with E-state index < -0.39 is 0 Å². The molecule has 4 heteroatoms. The zero-order valence-corrected chi connectivity index (χ0v) is 11.0. The Morgan fingerprint density at radius 2 is 2.06 bits per heavy atom. The van der Waals surface area contributed by atoms with Crippen molar-refractivity contribution in [1.29, 1.82) is 0 Å². The van der Waals surface area contributed by atoms with Gasteiger partial charge in [0.1, 0.15) is 0 Å². The lowest BCUT2D eigenvalue weighted by Gasteiger charge is -2.41. The van der Waals surface area contributed by atoms with Gasteiger partial charge in [0.2, 0.25) is 0 Å². The van der Waals surface area contributed by atoms with Crippen LogP contribution in [0.1, 0.15) is 28.8 Å². The van der Waals surface area contributed by atoms with Gasteiger partial charge < -0.3 is 10.1 Å². The van der Waals surface area contributed by atoms with Crippen molar-refractivity contribution in [3.63, 3.8) is 0 Å². The molecule has 0 bridgehead atoms. The van der Waals surface area contributed by atoms with Crippen molar-refractivity contribution in [2.24, 2.45) is 0 Å². The fourth-order valence-electron chi connectivity index (χ4n) is 2.71. The summed E-state index contributed by atoms with van der Waals surface area (Å²) in [5.41, 5.74) is 1.87. The molecule has 0 radical (unpaired) electrons. The second-order valence-corrected chi connectivity index (χ2v) is 5.74. The van der Waals surface area contributed by atoms with Crippen molar-refractivity contribution in [3.8, 4) is 0 Å². The zero-order chi connectivity index (χ0) is 11.9. The second kappa shape index (κ2) is 4.10. The third-order valence-corrected chi connectivity index (χ3v) is 4.16. The third-order valence-electron chi connectivity index (χ3n) is 3.67. The summed E-state index contributed by atoms with van der Waals surface area (Å²) in [5, 5.41) is 3.17. The Kier molecular flexibility index (Phi) is 2.71. The molecular weight excluding hydrogens is 282 g/mol. The highest BCUT2D eigenvalue weighted by Crippen LogP contribution is 2.32. The van der Waals surface area contributed by atoms with E-state index in [2.05, 4.69) is 27.3 Å². The van der Waals surface area contributed by atoms with E-state index in [0.29, 0.717) is 0 Å². The highest BCUT2D eigenvalue weighted by Gasteiger charge is 2.39. The van der Waals surface area contributed by atoms with Gasteiger partial charge in [-0.25, -0.2) is 0 Å². The van der Waals surface area contributed by atoms with E-state index in [0.717, 1.165) is 48.1 Å². The average Bonchev–Trinajstić information content (AvgIpc) is 2.29. The number of halogens is 1.